The first-order valence-electron chi connectivity index (χ1n) is 7.71. The molecule has 0 bridgehead atoms. The molecule has 0 amide bonds. The van der Waals surface area contributed by atoms with Gasteiger partial charge in [-0.25, -0.2) is 4.79 Å². The van der Waals surface area contributed by atoms with Crippen LogP contribution in [0.15, 0.2) is 17.3 Å². The highest BCUT2D eigenvalue weighted by atomic mass is 32.2. The van der Waals surface area contributed by atoms with Crippen molar-refractivity contribution >= 4 is 39.3 Å². The summed E-state index contributed by atoms with van der Waals surface area (Å²) >= 11 is 5.01. The van der Waals surface area contributed by atoms with Crippen LogP contribution >= 0.6 is 12.2 Å². The van der Waals surface area contributed by atoms with Crippen molar-refractivity contribution < 1.29 is 27.4 Å². The monoisotopic (exact) mass is 430 g/mol. The average molecular weight is 430 g/mol. The van der Waals surface area contributed by atoms with Crippen LogP contribution in [0.5, 0.6) is 11.8 Å². The van der Waals surface area contributed by atoms with Crippen molar-refractivity contribution in [3.63, 3.8) is 0 Å². The lowest BCUT2D eigenvalue weighted by Crippen LogP contribution is -2.36. The van der Waals surface area contributed by atoms with Gasteiger partial charge in [-0.1, -0.05) is 0 Å². The minimum absolute atomic E-state index is 0.0560. The number of nitrogens with zero attached hydrogens (tertiary/aromatic N) is 4. The normalized spacial score (nSPS) is 10.9. The first kappa shape index (κ1) is 21.3. The molecule has 14 heteroatoms. The van der Waals surface area contributed by atoms with Gasteiger partial charge in [0, 0.05) is 7.05 Å². The molecule has 0 aliphatic rings. The van der Waals surface area contributed by atoms with Crippen LogP contribution in [-0.2, 0) is 21.8 Å². The summed E-state index contributed by atoms with van der Waals surface area (Å²) < 4.78 is 43.4. The molecule has 2 aromatic rings. The van der Waals surface area contributed by atoms with Crippen molar-refractivity contribution in [1.82, 2.24) is 24.5 Å². The maximum atomic E-state index is 12.7. The van der Waals surface area contributed by atoms with Gasteiger partial charge in [-0.15, -0.1) is 0 Å². The van der Waals surface area contributed by atoms with Crippen molar-refractivity contribution in [3.05, 3.63) is 17.8 Å². The van der Waals surface area contributed by atoms with E-state index in [-0.39, 0.29) is 35.0 Å². The van der Waals surface area contributed by atoms with Crippen LogP contribution in [0.3, 0.4) is 0 Å². The second-order valence-electron chi connectivity index (χ2n) is 5.04. The van der Waals surface area contributed by atoms with Gasteiger partial charge >= 0.3 is 5.97 Å². The standard InChI is InChI=1S/C14H18N6O6S2/c1-5-26-12(21)8-7-15-20(2)11(8)28(22,23)19-14(27)18-13-16-9(24-3)6-10(17-13)25-4/h6-7H,5H2,1-4H3,(H2,16,17,18,19,27). The number of hydrogen-bond donors (Lipinski definition) is 2. The van der Waals surface area contributed by atoms with Gasteiger partial charge in [0.2, 0.25) is 17.7 Å². The number of ether oxygens (including phenoxy) is 3. The third kappa shape index (κ3) is 4.83. The number of aryl methyl sites for hydroxylation is 1. The van der Waals surface area contributed by atoms with Crippen molar-refractivity contribution in [1.29, 1.82) is 0 Å². The van der Waals surface area contributed by atoms with Crippen molar-refractivity contribution in [3.8, 4) is 11.8 Å². The molecular weight excluding hydrogens is 412 g/mol. The molecule has 2 rings (SSSR count). The number of hydrogen-bond acceptors (Lipinski definition) is 10. The number of carbonyl (C=O) groups is 1. The number of anilines is 1. The first-order chi connectivity index (χ1) is 13.2. The summed E-state index contributed by atoms with van der Waals surface area (Å²) in [5.41, 5.74) is -0.223. The zero-order valence-electron chi connectivity index (χ0n) is 15.4. The lowest BCUT2D eigenvalue weighted by atomic mass is 10.4. The largest absolute Gasteiger partial charge is 0.481 e. The van der Waals surface area contributed by atoms with Gasteiger partial charge < -0.3 is 19.5 Å². The maximum absolute atomic E-state index is 12.7. The summed E-state index contributed by atoms with van der Waals surface area (Å²) in [4.78, 5) is 19.9. The van der Waals surface area contributed by atoms with Gasteiger partial charge in [0.15, 0.2) is 10.1 Å². The smallest absolute Gasteiger partial charge is 0.342 e. The predicted molar refractivity (Wildman–Crippen MR) is 101 cm³/mol. The van der Waals surface area contributed by atoms with Crippen LogP contribution in [0, 0.1) is 0 Å². The number of esters is 1. The molecule has 2 heterocycles. The van der Waals surface area contributed by atoms with E-state index in [0.29, 0.717) is 0 Å². The van der Waals surface area contributed by atoms with E-state index in [4.69, 9.17) is 26.4 Å². The fourth-order valence-electron chi connectivity index (χ4n) is 2.06. The fraction of sp³-hybridized carbons (Fsp3) is 0.357. The van der Waals surface area contributed by atoms with Gasteiger partial charge in [-0.2, -0.15) is 23.5 Å². The molecule has 0 atom stereocenters. The molecule has 0 aromatic carbocycles. The van der Waals surface area contributed by atoms with Crippen molar-refractivity contribution in [2.24, 2.45) is 7.05 Å². The lowest BCUT2D eigenvalue weighted by molar-refractivity contribution is 0.0521. The topological polar surface area (TPSA) is 147 Å². The molecule has 0 saturated heterocycles. The number of methoxy groups -OCH3 is 2. The highest BCUT2D eigenvalue weighted by molar-refractivity contribution is 7.92. The number of thiocarbonyl (C=S) groups is 1. The molecular formula is C14H18N6O6S2. The molecule has 152 valence electrons. The molecule has 0 fully saturated rings. The Bertz CT molecular complexity index is 968. The molecule has 0 spiro atoms. The van der Waals surface area contributed by atoms with Gasteiger partial charge in [0.25, 0.3) is 10.0 Å². The Morgan fingerprint density at radius 2 is 1.86 bits per heavy atom. The molecule has 2 aromatic heterocycles. The van der Waals surface area contributed by atoms with E-state index in [1.165, 1.54) is 27.3 Å². The average Bonchev–Trinajstić information content (AvgIpc) is 3.03. The van der Waals surface area contributed by atoms with Gasteiger partial charge in [-0.3, -0.25) is 9.40 Å². The molecule has 2 N–H and O–H groups in total. The quantitative estimate of drug-likeness (QED) is 0.454. The molecule has 0 aliphatic heterocycles. The zero-order valence-corrected chi connectivity index (χ0v) is 17.0. The van der Waals surface area contributed by atoms with Crippen LogP contribution in [0.4, 0.5) is 5.95 Å². The third-order valence-electron chi connectivity index (χ3n) is 3.18. The van der Waals surface area contributed by atoms with Crippen molar-refractivity contribution in [2.75, 3.05) is 26.1 Å². The summed E-state index contributed by atoms with van der Waals surface area (Å²) in [7, 11) is -0.110. The summed E-state index contributed by atoms with van der Waals surface area (Å²) in [6.07, 6.45) is 1.10. The van der Waals surface area contributed by atoms with Crippen LogP contribution in [0.25, 0.3) is 0 Å². The van der Waals surface area contributed by atoms with E-state index < -0.39 is 21.0 Å². The Labute approximate surface area is 166 Å². The highest BCUT2D eigenvalue weighted by Crippen LogP contribution is 2.18. The number of carbonyl (C=O) groups excluding carboxylic acids is 1. The van der Waals surface area contributed by atoms with Gasteiger partial charge in [-0.05, 0) is 19.1 Å². The molecule has 0 unspecified atom stereocenters. The maximum Gasteiger partial charge on any atom is 0.342 e. The second-order valence-corrected chi connectivity index (χ2v) is 7.05. The van der Waals surface area contributed by atoms with Crippen LogP contribution in [-0.4, -0.2) is 60.1 Å². The van der Waals surface area contributed by atoms with Crippen LogP contribution < -0.4 is 19.5 Å². The summed E-state index contributed by atoms with van der Waals surface area (Å²) in [5.74, 6) is -0.525. The fourth-order valence-corrected chi connectivity index (χ4v) is 3.69. The minimum atomic E-state index is -4.26. The lowest BCUT2D eigenvalue weighted by Gasteiger charge is -2.12. The van der Waals surface area contributed by atoms with E-state index >= 15 is 0 Å². The van der Waals surface area contributed by atoms with E-state index in [2.05, 4.69) is 25.1 Å². The third-order valence-corrected chi connectivity index (χ3v) is 4.98. The minimum Gasteiger partial charge on any atom is -0.481 e. The number of nitrogens with one attached hydrogen (secondary N) is 2. The summed E-state index contributed by atoms with van der Waals surface area (Å²) in [5, 5.41) is 5.57. The second kappa shape index (κ2) is 8.79. The number of rotatable bonds is 7. The Kier molecular flexibility index (Phi) is 6.69. The summed E-state index contributed by atoms with van der Waals surface area (Å²) in [6.45, 7) is 1.68. The zero-order chi connectivity index (χ0) is 20.9. The Morgan fingerprint density at radius 3 is 2.39 bits per heavy atom. The van der Waals surface area contributed by atoms with Gasteiger partial charge in [0.05, 0.1) is 33.1 Å². The van der Waals surface area contributed by atoms with Gasteiger partial charge in [0.1, 0.15) is 5.56 Å². The first-order valence-corrected chi connectivity index (χ1v) is 9.61. The molecule has 0 saturated carbocycles. The number of aromatic nitrogens is 4. The van der Waals surface area contributed by atoms with Crippen molar-refractivity contribution in [2.45, 2.75) is 11.9 Å². The molecule has 12 nitrogen and oxygen atoms in total. The SMILES string of the molecule is CCOC(=O)c1cnn(C)c1S(=O)(=O)NC(=S)Nc1nc(OC)cc(OC)n1. The Balaban J connectivity index is 2.25. The molecule has 0 radical (unpaired) electrons. The van der Waals surface area contributed by atoms with E-state index in [0.717, 1.165) is 10.9 Å². The summed E-state index contributed by atoms with van der Waals surface area (Å²) in [6, 6.07) is 1.43. The Hall–Kier alpha value is -3.00. The molecule has 28 heavy (non-hydrogen) atoms. The van der Waals surface area contributed by atoms with Crippen LogP contribution in [0.1, 0.15) is 17.3 Å². The predicted octanol–water partition coefficient (Wildman–Crippen LogP) is 0.0793. The van der Waals surface area contributed by atoms with E-state index in [1.54, 1.807) is 6.92 Å². The Morgan fingerprint density at radius 1 is 1.25 bits per heavy atom. The van der Waals surface area contributed by atoms with E-state index in [9.17, 15) is 13.2 Å². The number of sulfonamides is 1. The van der Waals surface area contributed by atoms with Crippen LogP contribution in [0.2, 0.25) is 0 Å². The molecule has 0 aliphatic carbocycles. The van der Waals surface area contributed by atoms with E-state index in [1.807, 2.05) is 0 Å². The highest BCUT2D eigenvalue weighted by Gasteiger charge is 2.29.